The van der Waals surface area contributed by atoms with Crippen LogP contribution < -0.4 is 4.74 Å². The number of aromatic carboxylic acids is 1. The molecule has 0 unspecified atom stereocenters. The van der Waals surface area contributed by atoms with E-state index in [9.17, 15) is 9.90 Å². The Labute approximate surface area is 115 Å². The second-order valence-electron chi connectivity index (χ2n) is 4.40. The molecule has 3 aromatic rings. The highest BCUT2D eigenvalue weighted by Crippen LogP contribution is 2.29. The van der Waals surface area contributed by atoms with E-state index in [1.54, 1.807) is 17.7 Å². The van der Waals surface area contributed by atoms with Gasteiger partial charge in [-0.05, 0) is 24.3 Å². The van der Waals surface area contributed by atoms with E-state index < -0.39 is 5.97 Å². The topological polar surface area (TPSA) is 51.5 Å². The Morgan fingerprint density at radius 2 is 1.80 bits per heavy atom. The van der Waals surface area contributed by atoms with Crippen LogP contribution >= 0.6 is 0 Å². The molecule has 0 spiro atoms. The van der Waals surface area contributed by atoms with Gasteiger partial charge in [0.1, 0.15) is 11.4 Å². The Hall–Kier alpha value is -2.75. The van der Waals surface area contributed by atoms with Crippen LogP contribution in [-0.4, -0.2) is 22.8 Å². The normalized spacial score (nSPS) is 10.7. The fraction of sp³-hybridized carbons (Fsp3) is 0.0625. The summed E-state index contributed by atoms with van der Waals surface area (Å²) in [5.41, 5.74) is 1.78. The maximum atomic E-state index is 11.5. The molecule has 100 valence electrons. The average molecular weight is 267 g/mol. The molecule has 0 fully saturated rings. The number of carbonyl (C=O) groups is 1. The van der Waals surface area contributed by atoms with E-state index in [0.717, 1.165) is 10.9 Å². The molecule has 0 bridgehead atoms. The Bertz CT molecular complexity index is 789. The second kappa shape index (κ2) is 4.74. The van der Waals surface area contributed by atoms with Gasteiger partial charge in [-0.15, -0.1) is 0 Å². The van der Waals surface area contributed by atoms with Gasteiger partial charge in [0.25, 0.3) is 0 Å². The van der Waals surface area contributed by atoms with Gasteiger partial charge in [-0.3, -0.25) is 4.57 Å². The predicted molar refractivity (Wildman–Crippen MR) is 76.8 cm³/mol. The molecule has 4 nitrogen and oxygen atoms in total. The van der Waals surface area contributed by atoms with E-state index >= 15 is 0 Å². The smallest absolute Gasteiger partial charge is 0.352 e. The van der Waals surface area contributed by atoms with E-state index in [0.29, 0.717) is 11.4 Å². The molecule has 3 rings (SSSR count). The van der Waals surface area contributed by atoms with Crippen LogP contribution in [-0.2, 0) is 0 Å². The minimum absolute atomic E-state index is 0.218. The Morgan fingerprint density at radius 1 is 1.10 bits per heavy atom. The minimum atomic E-state index is -0.966. The van der Waals surface area contributed by atoms with E-state index in [1.165, 1.54) is 0 Å². The molecule has 4 heteroatoms. The fourth-order valence-corrected chi connectivity index (χ4v) is 2.39. The Morgan fingerprint density at radius 3 is 2.55 bits per heavy atom. The fourth-order valence-electron chi connectivity index (χ4n) is 2.39. The molecule has 1 heterocycles. The summed E-state index contributed by atoms with van der Waals surface area (Å²) in [5, 5.41) is 10.3. The number of fused-ring (bicyclic) bond motifs is 1. The van der Waals surface area contributed by atoms with Gasteiger partial charge in [0.05, 0.1) is 18.3 Å². The number of aromatic nitrogens is 1. The van der Waals surface area contributed by atoms with Crippen LogP contribution in [0.5, 0.6) is 5.75 Å². The van der Waals surface area contributed by atoms with Gasteiger partial charge in [0, 0.05) is 5.39 Å². The minimum Gasteiger partial charge on any atom is -0.495 e. The molecule has 0 aliphatic carbocycles. The van der Waals surface area contributed by atoms with Crippen molar-refractivity contribution in [3.8, 4) is 11.4 Å². The Balaban J connectivity index is 2.39. The zero-order valence-corrected chi connectivity index (χ0v) is 10.9. The van der Waals surface area contributed by atoms with Crippen LogP contribution in [0.3, 0.4) is 0 Å². The van der Waals surface area contributed by atoms with Crippen LogP contribution in [0.15, 0.2) is 54.6 Å². The third-order valence-corrected chi connectivity index (χ3v) is 3.26. The van der Waals surface area contributed by atoms with Crippen LogP contribution in [0.2, 0.25) is 0 Å². The number of hydrogen-bond acceptors (Lipinski definition) is 2. The van der Waals surface area contributed by atoms with Crippen molar-refractivity contribution in [1.82, 2.24) is 4.57 Å². The highest BCUT2D eigenvalue weighted by atomic mass is 16.5. The lowest BCUT2D eigenvalue weighted by Gasteiger charge is -2.12. The van der Waals surface area contributed by atoms with Crippen LogP contribution in [0.1, 0.15) is 10.5 Å². The van der Waals surface area contributed by atoms with E-state index in [4.69, 9.17) is 4.74 Å². The van der Waals surface area contributed by atoms with Crippen molar-refractivity contribution < 1.29 is 14.6 Å². The number of carboxylic acids is 1. The number of ether oxygens (including phenoxy) is 1. The van der Waals surface area contributed by atoms with E-state index in [2.05, 4.69) is 0 Å². The molecular weight excluding hydrogens is 254 g/mol. The number of rotatable bonds is 3. The lowest BCUT2D eigenvalue weighted by atomic mass is 10.2. The first kappa shape index (κ1) is 12.3. The summed E-state index contributed by atoms with van der Waals surface area (Å²) in [4.78, 5) is 11.5. The summed E-state index contributed by atoms with van der Waals surface area (Å²) in [6.07, 6.45) is 0. The van der Waals surface area contributed by atoms with Crippen LogP contribution in [0.4, 0.5) is 0 Å². The average Bonchev–Trinajstić information content (AvgIpc) is 2.86. The second-order valence-corrected chi connectivity index (χ2v) is 4.40. The molecule has 2 aromatic carbocycles. The van der Waals surface area contributed by atoms with Crippen molar-refractivity contribution in [2.24, 2.45) is 0 Å². The van der Waals surface area contributed by atoms with Crippen molar-refractivity contribution >= 4 is 16.9 Å². The number of hydrogen-bond donors (Lipinski definition) is 1. The first-order valence-corrected chi connectivity index (χ1v) is 6.19. The number of para-hydroxylation sites is 3. The maximum Gasteiger partial charge on any atom is 0.352 e. The molecule has 0 radical (unpaired) electrons. The Kier molecular flexibility index (Phi) is 2.91. The lowest BCUT2D eigenvalue weighted by Crippen LogP contribution is -2.07. The summed E-state index contributed by atoms with van der Waals surface area (Å²) >= 11 is 0. The zero-order chi connectivity index (χ0) is 14.1. The standard InChI is InChI=1S/C16H13NO3/c1-20-15-9-5-4-8-13(15)17-12-7-3-2-6-11(12)10-14(17)16(18)19/h2-10H,1H3,(H,18,19). The monoisotopic (exact) mass is 267 g/mol. The third-order valence-electron chi connectivity index (χ3n) is 3.26. The molecule has 1 N–H and O–H groups in total. The van der Waals surface area contributed by atoms with Gasteiger partial charge in [0.15, 0.2) is 0 Å². The van der Waals surface area contributed by atoms with Crippen molar-refractivity contribution in [2.75, 3.05) is 7.11 Å². The van der Waals surface area contributed by atoms with Crippen LogP contribution in [0.25, 0.3) is 16.6 Å². The predicted octanol–water partition coefficient (Wildman–Crippen LogP) is 3.34. The number of benzene rings is 2. The van der Waals surface area contributed by atoms with Gasteiger partial charge >= 0.3 is 5.97 Å². The van der Waals surface area contributed by atoms with Gasteiger partial charge < -0.3 is 9.84 Å². The molecule has 0 aliphatic rings. The van der Waals surface area contributed by atoms with Crippen molar-refractivity contribution in [3.05, 3.63) is 60.3 Å². The summed E-state index contributed by atoms with van der Waals surface area (Å²) in [6.45, 7) is 0. The number of nitrogens with zero attached hydrogens (tertiary/aromatic N) is 1. The van der Waals surface area contributed by atoms with E-state index in [1.807, 2.05) is 48.5 Å². The van der Waals surface area contributed by atoms with Crippen molar-refractivity contribution in [1.29, 1.82) is 0 Å². The highest BCUT2D eigenvalue weighted by Gasteiger charge is 2.17. The number of carboxylic acid groups (broad SMARTS) is 1. The van der Waals surface area contributed by atoms with Crippen molar-refractivity contribution in [2.45, 2.75) is 0 Å². The third kappa shape index (κ3) is 1.82. The largest absolute Gasteiger partial charge is 0.495 e. The number of methoxy groups -OCH3 is 1. The first-order chi connectivity index (χ1) is 9.72. The SMILES string of the molecule is COc1ccccc1-n1c(C(=O)O)cc2ccccc21. The summed E-state index contributed by atoms with van der Waals surface area (Å²) in [7, 11) is 1.57. The van der Waals surface area contributed by atoms with Crippen LogP contribution in [0, 0.1) is 0 Å². The molecule has 0 saturated heterocycles. The van der Waals surface area contributed by atoms with E-state index in [-0.39, 0.29) is 5.69 Å². The summed E-state index contributed by atoms with van der Waals surface area (Å²) in [5.74, 6) is -0.330. The summed E-state index contributed by atoms with van der Waals surface area (Å²) < 4.78 is 7.04. The molecule has 0 saturated carbocycles. The van der Waals surface area contributed by atoms with Crippen molar-refractivity contribution in [3.63, 3.8) is 0 Å². The highest BCUT2D eigenvalue weighted by molar-refractivity contribution is 5.96. The first-order valence-electron chi connectivity index (χ1n) is 6.19. The summed E-state index contributed by atoms with van der Waals surface area (Å²) in [6, 6.07) is 16.6. The quantitative estimate of drug-likeness (QED) is 0.791. The molecule has 0 amide bonds. The molecule has 0 atom stereocenters. The molecular formula is C16H13NO3. The molecule has 1 aromatic heterocycles. The maximum absolute atomic E-state index is 11.5. The van der Waals surface area contributed by atoms with Gasteiger partial charge in [0.2, 0.25) is 0 Å². The lowest BCUT2D eigenvalue weighted by molar-refractivity contribution is 0.0688. The van der Waals surface area contributed by atoms with Gasteiger partial charge in [-0.2, -0.15) is 0 Å². The molecule has 20 heavy (non-hydrogen) atoms. The van der Waals surface area contributed by atoms with Gasteiger partial charge in [-0.25, -0.2) is 4.79 Å². The zero-order valence-electron chi connectivity index (χ0n) is 10.9. The van der Waals surface area contributed by atoms with Gasteiger partial charge in [-0.1, -0.05) is 30.3 Å². The molecule has 0 aliphatic heterocycles.